The number of hydrogen-bond donors (Lipinski definition) is 6. The Hall–Kier alpha value is -0.780. The summed E-state index contributed by atoms with van der Waals surface area (Å²) in [6.07, 6.45) is -2.45. The summed E-state index contributed by atoms with van der Waals surface area (Å²) >= 11 is 0. The maximum absolute atomic E-state index is 11.1. The zero-order valence-corrected chi connectivity index (χ0v) is 32.2. The van der Waals surface area contributed by atoms with E-state index in [0.717, 1.165) is 38.5 Å². The van der Waals surface area contributed by atoms with Crippen molar-refractivity contribution in [1.29, 1.82) is 0 Å². The van der Waals surface area contributed by atoms with Crippen LogP contribution in [-0.4, -0.2) is 130 Å². The summed E-state index contributed by atoms with van der Waals surface area (Å²) in [6.45, 7) is 10.5. The van der Waals surface area contributed by atoms with E-state index in [9.17, 15) is 30.6 Å². The van der Waals surface area contributed by atoms with Gasteiger partial charge in [-0.15, -0.1) is 0 Å². The van der Waals surface area contributed by atoms with E-state index in [1.165, 1.54) is 25.3 Å². The van der Waals surface area contributed by atoms with Crippen LogP contribution in [0.15, 0.2) is 11.6 Å². The van der Waals surface area contributed by atoms with Gasteiger partial charge in [0.15, 0.2) is 24.7 Å². The van der Waals surface area contributed by atoms with Crippen molar-refractivity contribution >= 4 is 0 Å². The third kappa shape index (κ3) is 6.13. The van der Waals surface area contributed by atoms with Gasteiger partial charge < -0.3 is 63.8 Å². The standard InChI is InChI=1S/C40H64O13/c1-18-9-14-40(53-35(18)47-6)19(2)28-26(52-40)16-25-23-8-7-21-15-22(10-12-38(21,4)24(23)11-13-39(25,28)5)49-37-34(32(45)30(43)27(17-41)50-37)51-36-33(46)31(44)29(42)20(3)48-36/h7,18-20,22-37,41-46H,8-17H2,1-6H3. The zero-order chi connectivity index (χ0) is 37.8. The lowest BCUT2D eigenvalue weighted by molar-refractivity contribution is -0.369. The third-order valence-electron chi connectivity index (χ3n) is 15.9. The minimum absolute atomic E-state index is 0.0314. The number of methoxy groups -OCH3 is 1. The number of fused-ring (bicyclic) bond motifs is 7. The Morgan fingerprint density at radius 2 is 1.57 bits per heavy atom. The number of hydrogen-bond acceptors (Lipinski definition) is 13. The fourth-order valence-corrected chi connectivity index (χ4v) is 12.8. The number of ether oxygens (including phenoxy) is 7. The molecule has 22 unspecified atom stereocenters. The minimum Gasteiger partial charge on any atom is -0.394 e. The van der Waals surface area contributed by atoms with Gasteiger partial charge in [0, 0.05) is 25.4 Å². The maximum Gasteiger partial charge on any atom is 0.187 e. The van der Waals surface area contributed by atoms with Crippen LogP contribution in [0.25, 0.3) is 0 Å². The molecule has 0 aromatic carbocycles. The van der Waals surface area contributed by atoms with Gasteiger partial charge in [-0.3, -0.25) is 0 Å². The highest BCUT2D eigenvalue weighted by molar-refractivity contribution is 5.26. The van der Waals surface area contributed by atoms with Crippen LogP contribution in [0, 0.1) is 46.3 Å². The lowest BCUT2D eigenvalue weighted by Gasteiger charge is -2.59. The molecule has 0 radical (unpaired) electrons. The predicted molar refractivity (Wildman–Crippen MR) is 187 cm³/mol. The van der Waals surface area contributed by atoms with Crippen molar-refractivity contribution < 1.29 is 63.8 Å². The normalized spacial score (nSPS) is 58.0. The fourth-order valence-electron chi connectivity index (χ4n) is 12.8. The van der Waals surface area contributed by atoms with Crippen molar-refractivity contribution in [2.75, 3.05) is 13.7 Å². The van der Waals surface area contributed by atoms with E-state index in [4.69, 9.17) is 33.2 Å². The monoisotopic (exact) mass is 752 g/mol. The Bertz CT molecular complexity index is 1370. The Morgan fingerprint density at radius 1 is 0.792 bits per heavy atom. The Kier molecular flexibility index (Phi) is 10.5. The number of aliphatic hydroxyl groups excluding tert-OH is 6. The highest BCUT2D eigenvalue weighted by atomic mass is 16.8. The van der Waals surface area contributed by atoms with E-state index >= 15 is 0 Å². The summed E-state index contributed by atoms with van der Waals surface area (Å²) in [4.78, 5) is 0. The van der Waals surface area contributed by atoms with Crippen LogP contribution in [0.3, 0.4) is 0 Å². The molecule has 4 heterocycles. The Morgan fingerprint density at radius 3 is 2.30 bits per heavy atom. The first-order valence-electron chi connectivity index (χ1n) is 20.4. The lowest BCUT2D eigenvalue weighted by atomic mass is 9.47. The summed E-state index contributed by atoms with van der Waals surface area (Å²) in [5, 5.41) is 63.0. The first-order valence-corrected chi connectivity index (χ1v) is 20.4. The quantitative estimate of drug-likeness (QED) is 0.218. The SMILES string of the molecule is COC1OC2(CCC1C)OC1CC3C4CC=C5CC(OC6OC(CO)C(O)C(O)C6OC6OC(C)C(O)C(O)C6O)CCC5(C)C4CCC3(C)C1C2C. The van der Waals surface area contributed by atoms with Gasteiger partial charge in [-0.1, -0.05) is 39.3 Å². The molecule has 0 aromatic rings. The van der Waals surface area contributed by atoms with Crippen LogP contribution < -0.4 is 0 Å². The van der Waals surface area contributed by atoms with Crippen molar-refractivity contribution in [2.24, 2.45) is 46.3 Å². The molecule has 13 nitrogen and oxygen atoms in total. The van der Waals surface area contributed by atoms with Crippen molar-refractivity contribution in [3.63, 3.8) is 0 Å². The molecular formula is C40H64O13. The molecule has 3 saturated carbocycles. The summed E-state index contributed by atoms with van der Waals surface area (Å²) in [5.41, 5.74) is 1.61. The number of allylic oxidation sites excluding steroid dienone is 1. The number of rotatable bonds is 6. The first kappa shape index (κ1) is 39.1. The number of aliphatic hydroxyl groups is 6. The van der Waals surface area contributed by atoms with Crippen LogP contribution in [0.2, 0.25) is 0 Å². The molecule has 13 heteroatoms. The van der Waals surface area contributed by atoms with E-state index < -0.39 is 73.8 Å². The molecular weight excluding hydrogens is 688 g/mol. The van der Waals surface area contributed by atoms with Gasteiger partial charge in [0.2, 0.25) is 0 Å². The summed E-state index contributed by atoms with van der Waals surface area (Å²) in [7, 11) is 1.74. The first-order chi connectivity index (χ1) is 25.2. The van der Waals surface area contributed by atoms with Gasteiger partial charge in [-0.2, -0.15) is 0 Å². The maximum atomic E-state index is 11.1. The van der Waals surface area contributed by atoms with Gasteiger partial charge in [0.25, 0.3) is 0 Å². The van der Waals surface area contributed by atoms with Crippen molar-refractivity contribution in [3.8, 4) is 0 Å². The molecule has 0 amide bonds. The van der Waals surface area contributed by atoms with Crippen LogP contribution in [0.1, 0.15) is 92.4 Å². The van der Waals surface area contributed by atoms with Crippen LogP contribution in [0.5, 0.6) is 0 Å². The van der Waals surface area contributed by atoms with Gasteiger partial charge in [-0.25, -0.2) is 0 Å². The van der Waals surface area contributed by atoms with Crippen molar-refractivity contribution in [3.05, 3.63) is 11.6 Å². The molecule has 6 N–H and O–H groups in total. The minimum atomic E-state index is -1.61. The van der Waals surface area contributed by atoms with Crippen LogP contribution in [-0.2, 0) is 33.2 Å². The van der Waals surface area contributed by atoms with E-state index in [0.29, 0.717) is 41.9 Å². The van der Waals surface area contributed by atoms with Gasteiger partial charge in [0.1, 0.15) is 42.7 Å². The van der Waals surface area contributed by atoms with E-state index in [1.54, 1.807) is 7.11 Å². The second-order valence-corrected chi connectivity index (χ2v) is 18.5. The highest BCUT2D eigenvalue weighted by Gasteiger charge is 2.69. The Balaban J connectivity index is 0.962. The third-order valence-corrected chi connectivity index (χ3v) is 15.9. The highest BCUT2D eigenvalue weighted by Crippen LogP contribution is 2.71. The molecule has 7 fully saturated rings. The average molecular weight is 753 g/mol. The average Bonchev–Trinajstić information content (AvgIpc) is 3.59. The molecule has 4 saturated heterocycles. The van der Waals surface area contributed by atoms with Crippen LogP contribution in [0.4, 0.5) is 0 Å². The largest absolute Gasteiger partial charge is 0.394 e. The molecule has 8 rings (SSSR count). The van der Waals surface area contributed by atoms with Gasteiger partial charge in [-0.05, 0) is 92.8 Å². The molecule has 0 aromatic heterocycles. The van der Waals surface area contributed by atoms with E-state index in [-0.39, 0.29) is 29.3 Å². The van der Waals surface area contributed by atoms with E-state index in [2.05, 4.69) is 33.8 Å². The summed E-state index contributed by atoms with van der Waals surface area (Å²) < 4.78 is 43.6. The summed E-state index contributed by atoms with van der Waals surface area (Å²) in [5.74, 6) is 2.27. The second kappa shape index (κ2) is 14.2. The Labute approximate surface area is 313 Å². The molecule has 4 aliphatic heterocycles. The molecule has 53 heavy (non-hydrogen) atoms. The molecule has 1 spiro atoms. The van der Waals surface area contributed by atoms with Crippen molar-refractivity contribution in [2.45, 2.75) is 178 Å². The molecule has 8 aliphatic rings. The predicted octanol–water partition coefficient (Wildman–Crippen LogP) is 2.36. The van der Waals surface area contributed by atoms with Gasteiger partial charge in [0.05, 0.1) is 24.9 Å². The lowest BCUT2D eigenvalue weighted by Crippen LogP contribution is -2.64. The zero-order valence-electron chi connectivity index (χ0n) is 32.2. The smallest absolute Gasteiger partial charge is 0.187 e. The molecule has 22 atom stereocenters. The van der Waals surface area contributed by atoms with Crippen LogP contribution >= 0.6 is 0 Å². The molecule has 4 aliphatic carbocycles. The second-order valence-electron chi connectivity index (χ2n) is 18.5. The molecule has 0 bridgehead atoms. The molecule has 302 valence electrons. The van der Waals surface area contributed by atoms with Crippen molar-refractivity contribution in [1.82, 2.24) is 0 Å². The summed E-state index contributed by atoms with van der Waals surface area (Å²) in [6, 6.07) is 0. The van der Waals surface area contributed by atoms with Gasteiger partial charge >= 0.3 is 0 Å². The topological polar surface area (TPSA) is 186 Å². The van der Waals surface area contributed by atoms with E-state index in [1.807, 2.05) is 0 Å². The fraction of sp³-hybridized carbons (Fsp3) is 0.950.